The summed E-state index contributed by atoms with van der Waals surface area (Å²) in [6.45, 7) is 0. The molecule has 14 heavy (non-hydrogen) atoms. The van der Waals surface area contributed by atoms with Crippen LogP contribution in [-0.2, 0) is 4.79 Å². The topological polar surface area (TPSA) is 17.1 Å². The molecular formula is C12H9ClO. The minimum atomic E-state index is 0.438. The van der Waals surface area contributed by atoms with Gasteiger partial charge in [-0.2, -0.15) is 0 Å². The van der Waals surface area contributed by atoms with Crippen molar-refractivity contribution in [2.75, 3.05) is 0 Å². The van der Waals surface area contributed by atoms with Crippen LogP contribution in [0.15, 0.2) is 46.6 Å². The number of hydrogen-bond acceptors (Lipinski definition) is 1. The Hall–Kier alpha value is -1.52. The molecule has 0 aliphatic heterocycles. The second-order valence-corrected chi connectivity index (χ2v) is 3.15. The predicted octanol–water partition coefficient (Wildman–Crippen LogP) is 2.75. The van der Waals surface area contributed by atoms with E-state index in [2.05, 4.69) is 5.92 Å². The SMILES string of the molecule is C#CC1=CC=CC=C(/C(Cl)=C/C=O)C1. The summed E-state index contributed by atoms with van der Waals surface area (Å²) >= 11 is 5.89. The second-order valence-electron chi connectivity index (χ2n) is 2.74. The lowest BCUT2D eigenvalue weighted by Gasteiger charge is -2.02. The van der Waals surface area contributed by atoms with Gasteiger partial charge in [0.05, 0.1) is 0 Å². The molecule has 1 nitrogen and oxygen atoms in total. The predicted molar refractivity (Wildman–Crippen MR) is 58.8 cm³/mol. The van der Waals surface area contributed by atoms with Gasteiger partial charge in [0.1, 0.15) is 6.29 Å². The van der Waals surface area contributed by atoms with E-state index in [1.54, 1.807) is 0 Å². The number of halogens is 1. The molecule has 0 fully saturated rings. The molecule has 0 unspecified atom stereocenters. The maximum Gasteiger partial charge on any atom is 0.144 e. The molecule has 0 spiro atoms. The van der Waals surface area contributed by atoms with E-state index in [1.165, 1.54) is 6.08 Å². The molecule has 0 saturated carbocycles. The van der Waals surface area contributed by atoms with Crippen LogP contribution in [0.1, 0.15) is 6.42 Å². The van der Waals surface area contributed by atoms with E-state index < -0.39 is 0 Å². The lowest BCUT2D eigenvalue weighted by atomic mass is 10.1. The van der Waals surface area contributed by atoms with E-state index >= 15 is 0 Å². The first-order valence-corrected chi connectivity index (χ1v) is 4.50. The summed E-state index contributed by atoms with van der Waals surface area (Å²) in [5, 5.41) is 0.438. The van der Waals surface area contributed by atoms with Crippen molar-refractivity contribution in [2.24, 2.45) is 0 Å². The summed E-state index contributed by atoms with van der Waals surface area (Å²) in [5.41, 5.74) is 1.71. The highest BCUT2D eigenvalue weighted by molar-refractivity contribution is 6.32. The standard InChI is InChI=1S/C12H9ClO/c1-2-10-5-3-4-6-11(9-10)12(13)7-8-14/h1,3-8H,9H2/b12-7-. The molecular weight excluding hydrogens is 196 g/mol. The van der Waals surface area contributed by atoms with Crippen LogP contribution in [0.2, 0.25) is 0 Å². The van der Waals surface area contributed by atoms with Crippen LogP contribution in [0.5, 0.6) is 0 Å². The third-order valence-corrected chi connectivity index (χ3v) is 2.16. The fourth-order valence-corrected chi connectivity index (χ4v) is 1.28. The Balaban J connectivity index is 2.94. The third-order valence-electron chi connectivity index (χ3n) is 1.79. The van der Waals surface area contributed by atoms with Crippen molar-refractivity contribution in [1.82, 2.24) is 0 Å². The molecule has 1 aliphatic carbocycles. The van der Waals surface area contributed by atoms with Gasteiger partial charge in [-0.1, -0.05) is 41.8 Å². The highest BCUT2D eigenvalue weighted by Crippen LogP contribution is 2.23. The summed E-state index contributed by atoms with van der Waals surface area (Å²) in [4.78, 5) is 10.2. The van der Waals surface area contributed by atoms with Crippen LogP contribution in [0.4, 0.5) is 0 Å². The van der Waals surface area contributed by atoms with Gasteiger partial charge in [0.15, 0.2) is 0 Å². The number of terminal acetylenes is 1. The van der Waals surface area contributed by atoms with E-state index in [0.717, 1.165) is 11.1 Å². The number of carbonyl (C=O) groups excluding carboxylic acids is 1. The maximum atomic E-state index is 10.2. The Morgan fingerprint density at radius 2 is 2.21 bits per heavy atom. The average molecular weight is 205 g/mol. The molecule has 0 bridgehead atoms. The van der Waals surface area contributed by atoms with Crippen LogP contribution in [0.25, 0.3) is 0 Å². The average Bonchev–Trinajstić information content (AvgIpc) is 2.43. The van der Waals surface area contributed by atoms with Crippen molar-refractivity contribution in [3.8, 4) is 12.3 Å². The highest BCUT2D eigenvalue weighted by Gasteiger charge is 2.05. The first kappa shape index (κ1) is 10.6. The summed E-state index contributed by atoms with van der Waals surface area (Å²) in [7, 11) is 0. The molecule has 0 aromatic rings. The molecule has 1 rings (SSSR count). The van der Waals surface area contributed by atoms with Crippen molar-refractivity contribution in [3.63, 3.8) is 0 Å². The molecule has 0 saturated heterocycles. The molecule has 0 amide bonds. The van der Waals surface area contributed by atoms with Gasteiger partial charge in [-0.25, -0.2) is 0 Å². The van der Waals surface area contributed by atoms with Crippen LogP contribution < -0.4 is 0 Å². The third kappa shape index (κ3) is 2.76. The number of hydrogen-bond donors (Lipinski definition) is 0. The largest absolute Gasteiger partial charge is 0.299 e. The Morgan fingerprint density at radius 1 is 1.50 bits per heavy atom. The van der Waals surface area contributed by atoms with Gasteiger partial charge < -0.3 is 0 Å². The zero-order chi connectivity index (χ0) is 10.4. The second kappa shape index (κ2) is 5.26. The summed E-state index contributed by atoms with van der Waals surface area (Å²) in [6.07, 6.45) is 15.3. The monoisotopic (exact) mass is 204 g/mol. The lowest BCUT2D eigenvalue weighted by molar-refractivity contribution is -0.104. The fourth-order valence-electron chi connectivity index (χ4n) is 1.10. The zero-order valence-corrected chi connectivity index (χ0v) is 8.29. The van der Waals surface area contributed by atoms with Gasteiger partial charge in [0.25, 0.3) is 0 Å². The first-order valence-electron chi connectivity index (χ1n) is 4.12. The van der Waals surface area contributed by atoms with Crippen molar-refractivity contribution >= 4 is 17.9 Å². The molecule has 1 aliphatic rings. The first-order chi connectivity index (χ1) is 6.77. The molecule has 70 valence electrons. The van der Waals surface area contributed by atoms with Crippen molar-refractivity contribution in [2.45, 2.75) is 6.42 Å². The number of rotatable bonds is 2. The Kier molecular flexibility index (Phi) is 3.97. The van der Waals surface area contributed by atoms with Gasteiger partial charge in [-0.15, -0.1) is 6.42 Å². The lowest BCUT2D eigenvalue weighted by Crippen LogP contribution is -1.86. The van der Waals surface area contributed by atoms with Crippen molar-refractivity contribution < 1.29 is 4.79 Å². The normalized spacial score (nSPS) is 16.4. The Labute approximate surface area is 88.5 Å². The quantitative estimate of drug-likeness (QED) is 0.384. The number of allylic oxidation sites excluding steroid dienone is 8. The van der Waals surface area contributed by atoms with E-state index in [4.69, 9.17) is 18.0 Å². The van der Waals surface area contributed by atoms with Crippen LogP contribution in [-0.4, -0.2) is 6.29 Å². The van der Waals surface area contributed by atoms with E-state index in [0.29, 0.717) is 17.7 Å². The molecule has 0 aromatic carbocycles. The molecule has 0 N–H and O–H groups in total. The Morgan fingerprint density at radius 3 is 2.86 bits per heavy atom. The molecule has 0 radical (unpaired) electrons. The van der Waals surface area contributed by atoms with Crippen LogP contribution in [0.3, 0.4) is 0 Å². The van der Waals surface area contributed by atoms with Gasteiger partial charge >= 0.3 is 0 Å². The molecule has 0 atom stereocenters. The van der Waals surface area contributed by atoms with Crippen LogP contribution >= 0.6 is 11.6 Å². The van der Waals surface area contributed by atoms with E-state index in [-0.39, 0.29) is 0 Å². The minimum Gasteiger partial charge on any atom is -0.299 e. The van der Waals surface area contributed by atoms with E-state index in [1.807, 2.05) is 24.3 Å². The Bertz CT molecular complexity index is 389. The summed E-state index contributed by atoms with van der Waals surface area (Å²) in [5.74, 6) is 2.57. The van der Waals surface area contributed by atoms with Crippen molar-refractivity contribution in [3.05, 3.63) is 46.6 Å². The number of carbonyl (C=O) groups is 1. The molecule has 2 heteroatoms. The smallest absolute Gasteiger partial charge is 0.144 e. The van der Waals surface area contributed by atoms with Gasteiger partial charge in [-0.05, 0) is 11.6 Å². The highest BCUT2D eigenvalue weighted by atomic mass is 35.5. The molecule has 0 heterocycles. The molecule has 0 aromatic heterocycles. The van der Waals surface area contributed by atoms with Gasteiger partial charge in [0, 0.05) is 17.0 Å². The van der Waals surface area contributed by atoms with Crippen molar-refractivity contribution in [1.29, 1.82) is 0 Å². The number of aldehydes is 1. The van der Waals surface area contributed by atoms with Crippen LogP contribution in [0, 0.1) is 12.3 Å². The van der Waals surface area contributed by atoms with E-state index in [9.17, 15) is 4.79 Å². The maximum absolute atomic E-state index is 10.2. The minimum absolute atomic E-state index is 0.438. The summed E-state index contributed by atoms with van der Waals surface area (Å²) in [6, 6.07) is 0. The van der Waals surface area contributed by atoms with Gasteiger partial charge in [0.2, 0.25) is 0 Å². The van der Waals surface area contributed by atoms with Gasteiger partial charge in [-0.3, -0.25) is 4.79 Å². The zero-order valence-electron chi connectivity index (χ0n) is 7.53. The summed E-state index contributed by atoms with van der Waals surface area (Å²) < 4.78 is 0. The fraction of sp³-hybridized carbons (Fsp3) is 0.0833.